The summed E-state index contributed by atoms with van der Waals surface area (Å²) < 4.78 is 7.44. The molecule has 21 heavy (non-hydrogen) atoms. The van der Waals surface area contributed by atoms with Crippen LogP contribution in [0.4, 0.5) is 0 Å². The van der Waals surface area contributed by atoms with Gasteiger partial charge in [0.05, 0.1) is 16.8 Å². The normalized spacial score (nSPS) is 11.6. The van der Waals surface area contributed by atoms with Gasteiger partial charge in [-0.25, -0.2) is 4.98 Å². The van der Waals surface area contributed by atoms with Gasteiger partial charge < -0.3 is 9.09 Å². The number of thioether (sulfide) groups is 1. The molecule has 0 atom stereocenters. The maximum absolute atomic E-state index is 5.23. The van der Waals surface area contributed by atoms with Crippen molar-refractivity contribution < 1.29 is 4.52 Å². The van der Waals surface area contributed by atoms with Crippen LogP contribution in [-0.4, -0.2) is 19.7 Å². The van der Waals surface area contributed by atoms with Crippen molar-refractivity contribution in [2.75, 3.05) is 0 Å². The molecule has 3 rings (SSSR count). The van der Waals surface area contributed by atoms with Gasteiger partial charge in [0.2, 0.25) is 5.89 Å². The molecule has 2 heterocycles. The van der Waals surface area contributed by atoms with Crippen LogP contribution in [0.15, 0.2) is 33.9 Å². The van der Waals surface area contributed by atoms with E-state index in [-0.39, 0.29) is 5.92 Å². The van der Waals surface area contributed by atoms with Gasteiger partial charge in [-0.3, -0.25) is 0 Å². The lowest BCUT2D eigenvalue weighted by Crippen LogP contribution is -1.97. The SMILES string of the molecule is CCn1c(SCc2noc(C(C)C)n2)nc2ccccc21. The monoisotopic (exact) mass is 302 g/mol. The summed E-state index contributed by atoms with van der Waals surface area (Å²) >= 11 is 1.64. The van der Waals surface area contributed by atoms with E-state index in [1.807, 2.05) is 32.0 Å². The molecule has 1 aromatic carbocycles. The van der Waals surface area contributed by atoms with Crippen molar-refractivity contribution >= 4 is 22.8 Å². The molecule has 0 radical (unpaired) electrons. The summed E-state index contributed by atoms with van der Waals surface area (Å²) in [6, 6.07) is 8.19. The molecular formula is C15H18N4OS. The number of hydrogen-bond donors (Lipinski definition) is 0. The van der Waals surface area contributed by atoms with Crippen LogP contribution in [0.5, 0.6) is 0 Å². The highest BCUT2D eigenvalue weighted by molar-refractivity contribution is 7.98. The fourth-order valence-electron chi connectivity index (χ4n) is 2.16. The molecule has 0 amide bonds. The molecule has 0 bridgehead atoms. The second-order valence-electron chi connectivity index (χ2n) is 5.12. The third-order valence-electron chi connectivity index (χ3n) is 3.24. The molecule has 3 aromatic rings. The molecule has 0 aliphatic carbocycles. The van der Waals surface area contributed by atoms with Gasteiger partial charge >= 0.3 is 0 Å². The summed E-state index contributed by atoms with van der Waals surface area (Å²) in [6.07, 6.45) is 0. The van der Waals surface area contributed by atoms with Crippen LogP contribution >= 0.6 is 11.8 Å². The number of benzene rings is 1. The van der Waals surface area contributed by atoms with Gasteiger partial charge in [-0.15, -0.1) is 0 Å². The average Bonchev–Trinajstić information content (AvgIpc) is 3.09. The number of imidazole rings is 1. The minimum Gasteiger partial charge on any atom is -0.339 e. The number of fused-ring (bicyclic) bond motifs is 1. The van der Waals surface area contributed by atoms with Gasteiger partial charge in [-0.2, -0.15) is 4.98 Å². The quantitative estimate of drug-likeness (QED) is 0.670. The van der Waals surface area contributed by atoms with E-state index in [2.05, 4.69) is 32.7 Å². The van der Waals surface area contributed by atoms with Crippen LogP contribution < -0.4 is 0 Å². The van der Waals surface area contributed by atoms with Crippen molar-refractivity contribution in [2.24, 2.45) is 0 Å². The Hall–Kier alpha value is -1.82. The third-order valence-corrected chi connectivity index (χ3v) is 4.22. The molecule has 0 aliphatic rings. The van der Waals surface area contributed by atoms with Crippen LogP contribution in [0.2, 0.25) is 0 Å². The van der Waals surface area contributed by atoms with E-state index in [1.54, 1.807) is 11.8 Å². The highest BCUT2D eigenvalue weighted by atomic mass is 32.2. The Morgan fingerprint density at radius 3 is 2.76 bits per heavy atom. The van der Waals surface area contributed by atoms with Crippen molar-refractivity contribution in [2.45, 2.75) is 44.1 Å². The maximum atomic E-state index is 5.23. The maximum Gasteiger partial charge on any atom is 0.229 e. The van der Waals surface area contributed by atoms with Crippen LogP contribution in [0, 0.1) is 0 Å². The molecule has 5 nitrogen and oxygen atoms in total. The van der Waals surface area contributed by atoms with Gasteiger partial charge in [-0.05, 0) is 19.1 Å². The fourth-order valence-corrected chi connectivity index (χ4v) is 3.08. The summed E-state index contributed by atoms with van der Waals surface area (Å²) in [5.41, 5.74) is 2.19. The molecule has 110 valence electrons. The predicted octanol–water partition coefficient (Wildman–Crippen LogP) is 3.85. The molecule has 0 aliphatic heterocycles. The Bertz CT molecular complexity index is 747. The zero-order valence-corrected chi connectivity index (χ0v) is 13.2. The first-order chi connectivity index (χ1) is 10.2. The van der Waals surface area contributed by atoms with Gasteiger partial charge in [0.15, 0.2) is 11.0 Å². The number of hydrogen-bond acceptors (Lipinski definition) is 5. The van der Waals surface area contributed by atoms with Crippen LogP contribution in [-0.2, 0) is 12.3 Å². The number of rotatable bonds is 5. The van der Waals surface area contributed by atoms with Crippen molar-refractivity contribution in [3.63, 3.8) is 0 Å². The minimum atomic E-state index is 0.261. The molecule has 0 unspecified atom stereocenters. The molecule has 0 N–H and O–H groups in total. The highest BCUT2D eigenvalue weighted by Crippen LogP contribution is 2.26. The van der Waals surface area contributed by atoms with Crippen molar-refractivity contribution in [1.29, 1.82) is 0 Å². The Balaban J connectivity index is 1.81. The Morgan fingerprint density at radius 2 is 2.05 bits per heavy atom. The van der Waals surface area contributed by atoms with E-state index in [4.69, 9.17) is 4.52 Å². The largest absolute Gasteiger partial charge is 0.339 e. The summed E-state index contributed by atoms with van der Waals surface area (Å²) in [4.78, 5) is 9.08. The summed E-state index contributed by atoms with van der Waals surface area (Å²) in [6.45, 7) is 7.11. The number of nitrogens with zero attached hydrogens (tertiary/aromatic N) is 4. The Labute approximate surface area is 127 Å². The lowest BCUT2D eigenvalue weighted by Gasteiger charge is -2.03. The van der Waals surface area contributed by atoms with Gasteiger partial charge in [0, 0.05) is 12.5 Å². The van der Waals surface area contributed by atoms with Gasteiger partial charge in [0.1, 0.15) is 0 Å². The van der Waals surface area contributed by atoms with Crippen molar-refractivity contribution in [1.82, 2.24) is 19.7 Å². The van der Waals surface area contributed by atoms with Crippen LogP contribution in [0.3, 0.4) is 0 Å². The topological polar surface area (TPSA) is 56.7 Å². The van der Waals surface area contributed by atoms with E-state index in [1.165, 1.54) is 5.52 Å². The van der Waals surface area contributed by atoms with E-state index < -0.39 is 0 Å². The number of aromatic nitrogens is 4. The Kier molecular flexibility index (Phi) is 3.96. The smallest absolute Gasteiger partial charge is 0.229 e. The molecule has 0 fully saturated rings. The van der Waals surface area contributed by atoms with E-state index in [0.717, 1.165) is 23.0 Å². The van der Waals surface area contributed by atoms with E-state index in [0.29, 0.717) is 11.6 Å². The van der Waals surface area contributed by atoms with Crippen molar-refractivity contribution in [3.8, 4) is 0 Å². The predicted molar refractivity (Wildman–Crippen MR) is 83.4 cm³/mol. The lowest BCUT2D eigenvalue weighted by atomic mass is 10.2. The molecular weight excluding hydrogens is 284 g/mol. The standard InChI is InChI=1S/C15H18N4OS/c1-4-19-12-8-6-5-7-11(12)16-15(19)21-9-13-17-14(10(2)3)20-18-13/h5-8,10H,4,9H2,1-3H3. The zero-order chi connectivity index (χ0) is 14.8. The van der Waals surface area contributed by atoms with Crippen LogP contribution in [0.25, 0.3) is 11.0 Å². The van der Waals surface area contributed by atoms with Crippen LogP contribution in [0.1, 0.15) is 38.4 Å². The number of para-hydroxylation sites is 2. The molecule has 2 aromatic heterocycles. The summed E-state index contributed by atoms with van der Waals surface area (Å²) in [5.74, 6) is 2.34. The molecule has 0 spiro atoms. The van der Waals surface area contributed by atoms with Crippen molar-refractivity contribution in [3.05, 3.63) is 36.0 Å². The second-order valence-corrected chi connectivity index (χ2v) is 6.06. The van der Waals surface area contributed by atoms with Gasteiger partial charge in [0.25, 0.3) is 0 Å². The summed E-state index contributed by atoms with van der Waals surface area (Å²) in [7, 11) is 0. The highest BCUT2D eigenvalue weighted by Gasteiger charge is 2.13. The third kappa shape index (κ3) is 2.81. The lowest BCUT2D eigenvalue weighted by molar-refractivity contribution is 0.362. The first-order valence-electron chi connectivity index (χ1n) is 7.09. The fraction of sp³-hybridized carbons (Fsp3) is 0.400. The molecule has 0 saturated carbocycles. The van der Waals surface area contributed by atoms with E-state index >= 15 is 0 Å². The molecule has 0 saturated heterocycles. The Morgan fingerprint density at radius 1 is 1.24 bits per heavy atom. The average molecular weight is 302 g/mol. The summed E-state index contributed by atoms with van der Waals surface area (Å²) in [5, 5.41) is 5.01. The van der Waals surface area contributed by atoms with Gasteiger partial charge in [-0.1, -0.05) is 42.9 Å². The second kappa shape index (κ2) is 5.89. The molecule has 6 heteroatoms. The van der Waals surface area contributed by atoms with E-state index in [9.17, 15) is 0 Å². The minimum absolute atomic E-state index is 0.261. The first-order valence-corrected chi connectivity index (χ1v) is 8.08. The number of aryl methyl sites for hydroxylation is 1. The first kappa shape index (κ1) is 14.1. The zero-order valence-electron chi connectivity index (χ0n) is 12.4.